The van der Waals surface area contributed by atoms with Gasteiger partial charge >= 0.3 is 0 Å². The van der Waals surface area contributed by atoms with Crippen molar-refractivity contribution in [1.82, 2.24) is 5.32 Å². The van der Waals surface area contributed by atoms with Gasteiger partial charge in [0.05, 0.1) is 31.4 Å². The molecule has 154 valence electrons. The number of nitrogens with zero attached hydrogens (tertiary/aromatic N) is 1. The molecule has 2 unspecified atom stereocenters. The van der Waals surface area contributed by atoms with Crippen molar-refractivity contribution in [3.8, 4) is 11.5 Å². The van der Waals surface area contributed by atoms with Gasteiger partial charge in [0.15, 0.2) is 0 Å². The number of nitrogens with one attached hydrogen (secondary N) is 1. The van der Waals surface area contributed by atoms with Crippen molar-refractivity contribution in [3.05, 3.63) is 53.6 Å². The Bertz CT molecular complexity index is 879. The fraction of sp³-hybridized carbons (Fsp3) is 0.391. The third-order valence-electron chi connectivity index (χ3n) is 5.17. The van der Waals surface area contributed by atoms with E-state index < -0.39 is 5.92 Å². The molecule has 1 aliphatic rings. The van der Waals surface area contributed by atoms with Crippen molar-refractivity contribution in [1.29, 1.82) is 0 Å². The number of ether oxygens (including phenoxy) is 2. The molecule has 2 aromatic rings. The Kier molecular flexibility index (Phi) is 6.42. The summed E-state index contributed by atoms with van der Waals surface area (Å²) in [6, 6.07) is 13.2. The highest BCUT2D eigenvalue weighted by atomic mass is 16.5. The van der Waals surface area contributed by atoms with E-state index in [0.29, 0.717) is 24.6 Å². The van der Waals surface area contributed by atoms with Crippen LogP contribution >= 0.6 is 0 Å². The van der Waals surface area contributed by atoms with Gasteiger partial charge in [-0.15, -0.1) is 0 Å². The lowest BCUT2D eigenvalue weighted by Crippen LogP contribution is -2.34. The van der Waals surface area contributed by atoms with Gasteiger partial charge in [0.25, 0.3) is 0 Å². The molecule has 1 aliphatic heterocycles. The van der Waals surface area contributed by atoms with Crippen LogP contribution in [0.4, 0.5) is 5.69 Å². The van der Waals surface area contributed by atoms with E-state index in [1.54, 1.807) is 12.0 Å². The lowest BCUT2D eigenvalue weighted by molar-refractivity contribution is -0.126. The molecule has 0 spiro atoms. The number of anilines is 1. The molecule has 0 radical (unpaired) electrons. The summed E-state index contributed by atoms with van der Waals surface area (Å²) >= 11 is 0. The van der Waals surface area contributed by atoms with Crippen molar-refractivity contribution in [2.75, 3.05) is 25.2 Å². The van der Waals surface area contributed by atoms with E-state index in [2.05, 4.69) is 5.32 Å². The minimum absolute atomic E-state index is 0.0669. The predicted octanol–water partition coefficient (Wildman–Crippen LogP) is 3.63. The molecule has 2 aromatic carbocycles. The maximum Gasteiger partial charge on any atom is 0.227 e. The molecule has 6 heteroatoms. The Labute approximate surface area is 171 Å². The molecule has 2 atom stereocenters. The zero-order chi connectivity index (χ0) is 21.0. The minimum atomic E-state index is -0.391. The molecule has 1 saturated heterocycles. The molecule has 29 heavy (non-hydrogen) atoms. The summed E-state index contributed by atoms with van der Waals surface area (Å²) in [5.74, 6) is 0.862. The molecule has 1 fully saturated rings. The number of carbonyl (C=O) groups is 2. The molecular weight excluding hydrogens is 368 g/mol. The van der Waals surface area contributed by atoms with Crippen LogP contribution in [0.2, 0.25) is 0 Å². The van der Waals surface area contributed by atoms with E-state index >= 15 is 0 Å². The smallest absolute Gasteiger partial charge is 0.227 e. The molecule has 0 bridgehead atoms. The first kappa shape index (κ1) is 20.7. The molecule has 1 N–H and O–H groups in total. The molecule has 0 aromatic heterocycles. The Morgan fingerprint density at radius 1 is 1.24 bits per heavy atom. The highest BCUT2D eigenvalue weighted by Crippen LogP contribution is 2.34. The molecule has 2 amide bonds. The van der Waals surface area contributed by atoms with Crippen molar-refractivity contribution < 1.29 is 19.1 Å². The van der Waals surface area contributed by atoms with Crippen LogP contribution in [0.3, 0.4) is 0 Å². The molecule has 3 rings (SSSR count). The first-order valence-corrected chi connectivity index (χ1v) is 9.91. The average Bonchev–Trinajstić information content (AvgIpc) is 3.10. The van der Waals surface area contributed by atoms with Crippen molar-refractivity contribution in [2.45, 2.75) is 33.2 Å². The highest BCUT2D eigenvalue weighted by Gasteiger charge is 2.36. The van der Waals surface area contributed by atoms with E-state index in [1.165, 1.54) is 0 Å². The zero-order valence-electron chi connectivity index (χ0n) is 17.4. The number of hydrogen-bond acceptors (Lipinski definition) is 4. The maximum absolute atomic E-state index is 12.8. The third-order valence-corrected chi connectivity index (χ3v) is 5.17. The molecule has 1 heterocycles. The molecule has 0 saturated carbocycles. The number of methoxy groups -OCH3 is 1. The van der Waals surface area contributed by atoms with Crippen molar-refractivity contribution in [2.24, 2.45) is 5.92 Å². The third kappa shape index (κ3) is 4.70. The van der Waals surface area contributed by atoms with Crippen LogP contribution in [-0.2, 0) is 9.59 Å². The van der Waals surface area contributed by atoms with Gasteiger partial charge in [-0.1, -0.05) is 18.2 Å². The number of amides is 2. The van der Waals surface area contributed by atoms with Gasteiger partial charge in [-0.2, -0.15) is 0 Å². The van der Waals surface area contributed by atoms with E-state index in [0.717, 1.165) is 16.9 Å². The van der Waals surface area contributed by atoms with Crippen LogP contribution in [-0.4, -0.2) is 32.1 Å². The van der Waals surface area contributed by atoms with Gasteiger partial charge in [0.1, 0.15) is 11.5 Å². The summed E-state index contributed by atoms with van der Waals surface area (Å²) < 4.78 is 10.9. The van der Waals surface area contributed by atoms with E-state index in [9.17, 15) is 9.59 Å². The van der Waals surface area contributed by atoms with Crippen molar-refractivity contribution >= 4 is 17.5 Å². The van der Waals surface area contributed by atoms with Gasteiger partial charge < -0.3 is 19.7 Å². The lowest BCUT2D eigenvalue weighted by Gasteiger charge is -2.21. The largest absolute Gasteiger partial charge is 0.495 e. The zero-order valence-corrected chi connectivity index (χ0v) is 17.4. The standard InChI is InChI=1S/C23H28N2O4/c1-5-29-19-9-7-17(8-10-19)16(3)24-23(27)18-13-22(26)25(14-18)20-12-15(2)6-11-21(20)28-4/h6-12,16,18H,5,13-14H2,1-4H3,(H,24,27). The molecular formula is C23H28N2O4. The predicted molar refractivity (Wildman–Crippen MR) is 112 cm³/mol. The normalized spacial score (nSPS) is 17.2. The van der Waals surface area contributed by atoms with Crippen LogP contribution in [0, 0.1) is 12.8 Å². The fourth-order valence-electron chi connectivity index (χ4n) is 3.56. The number of aryl methyl sites for hydroxylation is 1. The summed E-state index contributed by atoms with van der Waals surface area (Å²) in [4.78, 5) is 27.0. The van der Waals surface area contributed by atoms with Gasteiger partial charge in [-0.3, -0.25) is 9.59 Å². The number of hydrogen-bond donors (Lipinski definition) is 1. The fourth-order valence-corrected chi connectivity index (χ4v) is 3.56. The highest BCUT2D eigenvalue weighted by molar-refractivity contribution is 6.01. The van der Waals surface area contributed by atoms with E-state index in [1.807, 2.05) is 63.2 Å². The van der Waals surface area contributed by atoms with Crippen LogP contribution in [0.5, 0.6) is 11.5 Å². The summed E-state index contributed by atoms with van der Waals surface area (Å²) in [6.45, 7) is 6.80. The topological polar surface area (TPSA) is 67.9 Å². The summed E-state index contributed by atoms with van der Waals surface area (Å²) in [5.41, 5.74) is 2.74. The van der Waals surface area contributed by atoms with Gasteiger partial charge in [0, 0.05) is 13.0 Å². The average molecular weight is 396 g/mol. The number of benzene rings is 2. The summed E-state index contributed by atoms with van der Waals surface area (Å²) in [7, 11) is 1.58. The quantitative estimate of drug-likeness (QED) is 0.776. The lowest BCUT2D eigenvalue weighted by atomic mass is 10.0. The van der Waals surface area contributed by atoms with Gasteiger partial charge in [0.2, 0.25) is 11.8 Å². The molecule has 0 aliphatic carbocycles. The second-order valence-corrected chi connectivity index (χ2v) is 7.31. The first-order valence-electron chi connectivity index (χ1n) is 9.91. The second-order valence-electron chi connectivity index (χ2n) is 7.31. The Morgan fingerprint density at radius 3 is 2.62 bits per heavy atom. The van der Waals surface area contributed by atoms with E-state index in [-0.39, 0.29) is 24.3 Å². The number of carbonyl (C=O) groups excluding carboxylic acids is 2. The Morgan fingerprint density at radius 2 is 1.97 bits per heavy atom. The van der Waals surface area contributed by atoms with Crippen LogP contribution < -0.4 is 19.7 Å². The summed E-state index contributed by atoms with van der Waals surface area (Å²) in [5, 5.41) is 3.03. The van der Waals surface area contributed by atoms with Crippen LogP contribution in [0.1, 0.15) is 37.4 Å². The Balaban J connectivity index is 1.66. The second kappa shape index (κ2) is 8.99. The van der Waals surface area contributed by atoms with Crippen molar-refractivity contribution in [3.63, 3.8) is 0 Å². The molecule has 6 nitrogen and oxygen atoms in total. The van der Waals surface area contributed by atoms with Gasteiger partial charge in [-0.25, -0.2) is 0 Å². The maximum atomic E-state index is 12.8. The van der Waals surface area contributed by atoms with Gasteiger partial charge in [-0.05, 0) is 56.2 Å². The van der Waals surface area contributed by atoms with Crippen LogP contribution in [0.15, 0.2) is 42.5 Å². The van der Waals surface area contributed by atoms with E-state index in [4.69, 9.17) is 9.47 Å². The van der Waals surface area contributed by atoms with Crippen LogP contribution in [0.25, 0.3) is 0 Å². The summed E-state index contributed by atoms with van der Waals surface area (Å²) in [6.07, 6.45) is 0.193. The monoisotopic (exact) mass is 396 g/mol. The minimum Gasteiger partial charge on any atom is -0.495 e. The SMILES string of the molecule is CCOc1ccc(C(C)NC(=O)C2CC(=O)N(c3cc(C)ccc3OC)C2)cc1. The number of rotatable bonds is 7. The Hall–Kier alpha value is -3.02. The first-order chi connectivity index (χ1) is 13.9.